The van der Waals surface area contributed by atoms with Crippen LogP contribution in [0.2, 0.25) is 0 Å². The Morgan fingerprint density at radius 2 is 2.21 bits per heavy atom. The molecule has 5 heteroatoms. The van der Waals surface area contributed by atoms with Crippen molar-refractivity contribution in [1.82, 2.24) is 15.1 Å². The minimum absolute atomic E-state index is 0.0674. The number of rotatable bonds is 3. The lowest BCUT2D eigenvalue weighted by Crippen LogP contribution is -2.37. The van der Waals surface area contributed by atoms with Crippen molar-refractivity contribution in [3.05, 3.63) is 18.0 Å². The van der Waals surface area contributed by atoms with Crippen LogP contribution < -0.4 is 5.32 Å². The SMILES string of the molecule is CC(=O)C(C)NC(=O)c1cnn(C)c1. The van der Waals surface area contributed by atoms with Gasteiger partial charge in [0.1, 0.15) is 0 Å². The third-order valence-electron chi connectivity index (χ3n) is 1.92. The van der Waals surface area contributed by atoms with E-state index >= 15 is 0 Å². The van der Waals surface area contributed by atoms with Crippen LogP contribution in [0.3, 0.4) is 0 Å². The van der Waals surface area contributed by atoms with Crippen LogP contribution in [0.5, 0.6) is 0 Å². The molecule has 0 radical (unpaired) electrons. The van der Waals surface area contributed by atoms with E-state index in [9.17, 15) is 9.59 Å². The van der Waals surface area contributed by atoms with E-state index in [1.165, 1.54) is 17.8 Å². The molecule has 1 aromatic rings. The lowest BCUT2D eigenvalue weighted by atomic mass is 10.2. The zero-order valence-electron chi connectivity index (χ0n) is 8.44. The number of Topliss-reactive ketones (excluding diaryl/α,β-unsaturated/α-hetero) is 1. The molecule has 0 saturated carbocycles. The van der Waals surface area contributed by atoms with E-state index in [4.69, 9.17) is 0 Å². The number of nitrogens with zero attached hydrogens (tertiary/aromatic N) is 2. The van der Waals surface area contributed by atoms with Crippen LogP contribution >= 0.6 is 0 Å². The average Bonchev–Trinajstić information content (AvgIpc) is 2.51. The van der Waals surface area contributed by atoms with E-state index in [-0.39, 0.29) is 11.7 Å². The van der Waals surface area contributed by atoms with E-state index in [1.54, 1.807) is 20.2 Å². The molecule has 0 fully saturated rings. The molecule has 0 aliphatic rings. The summed E-state index contributed by atoms with van der Waals surface area (Å²) in [5.41, 5.74) is 0.459. The number of nitrogens with one attached hydrogen (secondary N) is 1. The fourth-order valence-electron chi connectivity index (χ4n) is 0.920. The largest absolute Gasteiger partial charge is 0.342 e. The summed E-state index contributed by atoms with van der Waals surface area (Å²) in [4.78, 5) is 22.3. The number of aryl methyl sites for hydroxylation is 1. The zero-order valence-corrected chi connectivity index (χ0v) is 8.44. The predicted octanol–water partition coefficient (Wildman–Crippen LogP) is 0.127. The van der Waals surface area contributed by atoms with Crippen molar-refractivity contribution in [3.8, 4) is 0 Å². The summed E-state index contributed by atoms with van der Waals surface area (Å²) >= 11 is 0. The first kappa shape index (κ1) is 10.4. The van der Waals surface area contributed by atoms with Crippen LogP contribution in [0, 0.1) is 0 Å². The molecule has 14 heavy (non-hydrogen) atoms. The number of hydrogen-bond acceptors (Lipinski definition) is 3. The number of aromatic nitrogens is 2. The molecule has 0 saturated heterocycles. The summed E-state index contributed by atoms with van der Waals surface area (Å²) in [5, 5.41) is 6.43. The van der Waals surface area contributed by atoms with Crippen LogP contribution in [0.4, 0.5) is 0 Å². The fourth-order valence-corrected chi connectivity index (χ4v) is 0.920. The molecule has 1 atom stereocenters. The van der Waals surface area contributed by atoms with E-state index in [1.807, 2.05) is 0 Å². The van der Waals surface area contributed by atoms with Gasteiger partial charge in [-0.2, -0.15) is 5.10 Å². The Bertz CT molecular complexity index is 357. The summed E-state index contributed by atoms with van der Waals surface area (Å²) in [5.74, 6) is -0.344. The average molecular weight is 195 g/mol. The third kappa shape index (κ3) is 2.42. The Kier molecular flexibility index (Phi) is 3.01. The van der Waals surface area contributed by atoms with Gasteiger partial charge in [-0.25, -0.2) is 0 Å². The van der Waals surface area contributed by atoms with Gasteiger partial charge in [0.05, 0.1) is 17.8 Å². The number of carbonyl (C=O) groups is 2. The zero-order chi connectivity index (χ0) is 10.7. The standard InChI is InChI=1S/C9H13N3O2/c1-6(7(2)13)11-9(14)8-4-10-12(3)5-8/h4-6H,1-3H3,(H,11,14). The summed E-state index contributed by atoms with van der Waals surface area (Å²) in [6.45, 7) is 3.09. The van der Waals surface area contributed by atoms with E-state index in [2.05, 4.69) is 10.4 Å². The van der Waals surface area contributed by atoms with Gasteiger partial charge in [-0.15, -0.1) is 0 Å². The molecule has 0 bridgehead atoms. The summed E-state index contributed by atoms with van der Waals surface area (Å²) in [6.07, 6.45) is 3.06. The second-order valence-corrected chi connectivity index (χ2v) is 3.21. The van der Waals surface area contributed by atoms with Crippen LogP contribution in [-0.2, 0) is 11.8 Å². The highest BCUT2D eigenvalue weighted by atomic mass is 16.2. The highest BCUT2D eigenvalue weighted by molar-refractivity contribution is 5.96. The van der Waals surface area contributed by atoms with Gasteiger partial charge in [-0.1, -0.05) is 0 Å². The predicted molar refractivity (Wildman–Crippen MR) is 50.8 cm³/mol. The van der Waals surface area contributed by atoms with E-state index in [0.717, 1.165) is 0 Å². The van der Waals surface area contributed by atoms with E-state index < -0.39 is 6.04 Å². The van der Waals surface area contributed by atoms with Crippen molar-refractivity contribution in [1.29, 1.82) is 0 Å². The number of amides is 1. The first-order valence-corrected chi connectivity index (χ1v) is 4.30. The highest BCUT2D eigenvalue weighted by Crippen LogP contribution is 1.97. The highest BCUT2D eigenvalue weighted by Gasteiger charge is 2.13. The number of carbonyl (C=O) groups excluding carboxylic acids is 2. The molecule has 0 aliphatic heterocycles. The Labute approximate surface area is 82.1 Å². The van der Waals surface area contributed by atoms with Crippen LogP contribution in [0.15, 0.2) is 12.4 Å². The second kappa shape index (κ2) is 4.04. The van der Waals surface area contributed by atoms with Gasteiger partial charge in [0, 0.05) is 13.2 Å². The van der Waals surface area contributed by atoms with Gasteiger partial charge >= 0.3 is 0 Å². The molecular formula is C9H13N3O2. The van der Waals surface area contributed by atoms with Crippen molar-refractivity contribution in [3.63, 3.8) is 0 Å². The second-order valence-electron chi connectivity index (χ2n) is 3.21. The quantitative estimate of drug-likeness (QED) is 0.745. The maximum Gasteiger partial charge on any atom is 0.255 e. The van der Waals surface area contributed by atoms with Crippen LogP contribution in [0.25, 0.3) is 0 Å². The first-order valence-electron chi connectivity index (χ1n) is 4.30. The smallest absolute Gasteiger partial charge is 0.255 e. The van der Waals surface area contributed by atoms with Crippen molar-refractivity contribution in [2.24, 2.45) is 7.05 Å². The van der Waals surface area contributed by atoms with Crippen LogP contribution in [0.1, 0.15) is 24.2 Å². The fraction of sp³-hybridized carbons (Fsp3) is 0.444. The Hall–Kier alpha value is -1.65. The Balaban J connectivity index is 2.63. The van der Waals surface area contributed by atoms with Crippen molar-refractivity contribution >= 4 is 11.7 Å². The number of hydrogen-bond donors (Lipinski definition) is 1. The Morgan fingerprint density at radius 1 is 1.57 bits per heavy atom. The molecule has 0 aliphatic carbocycles. The lowest BCUT2D eigenvalue weighted by molar-refractivity contribution is -0.118. The summed E-state index contributed by atoms with van der Waals surface area (Å²) in [6, 6.07) is -0.456. The molecule has 1 N–H and O–H groups in total. The molecule has 0 spiro atoms. The van der Waals surface area contributed by atoms with Crippen molar-refractivity contribution < 1.29 is 9.59 Å². The first-order chi connectivity index (χ1) is 6.50. The molecule has 0 aromatic carbocycles. The van der Waals surface area contributed by atoms with Gasteiger partial charge in [0.15, 0.2) is 5.78 Å². The van der Waals surface area contributed by atoms with Crippen molar-refractivity contribution in [2.45, 2.75) is 19.9 Å². The van der Waals surface area contributed by atoms with Crippen molar-refractivity contribution in [2.75, 3.05) is 0 Å². The lowest BCUT2D eigenvalue weighted by Gasteiger charge is -2.08. The van der Waals surface area contributed by atoms with E-state index in [0.29, 0.717) is 5.56 Å². The topological polar surface area (TPSA) is 64.0 Å². The normalized spacial score (nSPS) is 12.2. The third-order valence-corrected chi connectivity index (χ3v) is 1.92. The summed E-state index contributed by atoms with van der Waals surface area (Å²) < 4.78 is 1.54. The molecule has 1 unspecified atom stereocenters. The Morgan fingerprint density at radius 3 is 2.64 bits per heavy atom. The van der Waals surface area contributed by atoms with Gasteiger partial charge < -0.3 is 5.32 Å². The van der Waals surface area contributed by atoms with Gasteiger partial charge in [0.2, 0.25) is 0 Å². The van der Waals surface area contributed by atoms with Gasteiger partial charge in [0.25, 0.3) is 5.91 Å². The minimum atomic E-state index is -0.456. The molecule has 1 heterocycles. The number of ketones is 1. The molecule has 1 rings (SSSR count). The van der Waals surface area contributed by atoms with Gasteiger partial charge in [-0.05, 0) is 13.8 Å². The molecular weight excluding hydrogens is 182 g/mol. The molecule has 1 amide bonds. The minimum Gasteiger partial charge on any atom is -0.342 e. The molecule has 5 nitrogen and oxygen atoms in total. The van der Waals surface area contributed by atoms with Crippen LogP contribution in [-0.4, -0.2) is 27.5 Å². The monoisotopic (exact) mass is 195 g/mol. The molecule has 1 aromatic heterocycles. The summed E-state index contributed by atoms with van der Waals surface area (Å²) in [7, 11) is 1.73. The maximum absolute atomic E-state index is 11.5. The maximum atomic E-state index is 11.5. The molecule has 76 valence electrons. The van der Waals surface area contributed by atoms with Gasteiger partial charge in [-0.3, -0.25) is 14.3 Å².